The van der Waals surface area contributed by atoms with E-state index in [1.807, 2.05) is 12.1 Å². The molecule has 1 amide bonds. The van der Waals surface area contributed by atoms with Crippen LogP contribution in [0.15, 0.2) is 30.3 Å². The van der Waals surface area contributed by atoms with Gasteiger partial charge in [0.05, 0.1) is 12.1 Å². The molecule has 0 atom stereocenters. The van der Waals surface area contributed by atoms with Crippen molar-refractivity contribution in [2.75, 3.05) is 12.3 Å². The van der Waals surface area contributed by atoms with Crippen molar-refractivity contribution in [2.24, 2.45) is 0 Å². The van der Waals surface area contributed by atoms with Crippen LogP contribution in [0.2, 0.25) is 0 Å². The van der Waals surface area contributed by atoms with E-state index in [9.17, 15) is 9.90 Å². The molecule has 1 aromatic carbocycles. The van der Waals surface area contributed by atoms with Crippen molar-refractivity contribution in [2.45, 2.75) is 24.8 Å². The summed E-state index contributed by atoms with van der Waals surface area (Å²) >= 11 is 0. The lowest BCUT2D eigenvalue weighted by Gasteiger charge is -2.40. The van der Waals surface area contributed by atoms with Crippen molar-refractivity contribution >= 4 is 17.7 Å². The van der Waals surface area contributed by atoms with E-state index in [0.717, 1.165) is 24.8 Å². The molecule has 0 saturated heterocycles. The predicted octanol–water partition coefficient (Wildman–Crippen LogP) is 1.31. The minimum atomic E-state index is -0.392. The van der Waals surface area contributed by atoms with E-state index in [0.29, 0.717) is 5.69 Å². The number of aliphatic hydroxyl groups excluding tert-OH is 1. The van der Waals surface area contributed by atoms with Gasteiger partial charge in [-0.15, -0.1) is 0 Å². The average molecular weight is 246 g/mol. The molecule has 0 aromatic heterocycles. The normalized spacial score (nSPS) is 17.4. The quantitative estimate of drug-likeness (QED) is 0.554. The Labute approximate surface area is 107 Å². The maximum absolute atomic E-state index is 11.7. The molecule has 1 aliphatic carbocycles. The topological polar surface area (TPSA) is 75.4 Å². The predicted molar refractivity (Wildman–Crippen MR) is 71.7 cm³/mol. The first-order valence-corrected chi connectivity index (χ1v) is 6.10. The van der Waals surface area contributed by atoms with Gasteiger partial charge in [-0.2, -0.15) is 0 Å². The standard InChI is InChI=1S/C14H18N2O2/c15-12-4-1-3-11(9-12)5-6-13(18)16-14(10-17)7-2-8-14/h1,3-6,9,17H,2,7-8,10,15H2,(H,16,18)/b6-5+. The van der Waals surface area contributed by atoms with Crippen molar-refractivity contribution < 1.29 is 9.90 Å². The van der Waals surface area contributed by atoms with Crippen molar-refractivity contribution in [3.8, 4) is 0 Å². The zero-order chi connectivity index (χ0) is 13.0. The molecule has 0 bridgehead atoms. The van der Waals surface area contributed by atoms with E-state index >= 15 is 0 Å². The summed E-state index contributed by atoms with van der Waals surface area (Å²) in [5, 5.41) is 12.1. The van der Waals surface area contributed by atoms with Crippen LogP contribution in [0.4, 0.5) is 5.69 Å². The third-order valence-corrected chi connectivity index (χ3v) is 3.34. The highest BCUT2D eigenvalue weighted by Gasteiger charge is 2.37. The Bertz CT molecular complexity index is 459. The van der Waals surface area contributed by atoms with Crippen LogP contribution in [0.5, 0.6) is 0 Å². The summed E-state index contributed by atoms with van der Waals surface area (Å²) < 4.78 is 0. The third-order valence-electron chi connectivity index (χ3n) is 3.34. The van der Waals surface area contributed by atoms with Gasteiger partial charge < -0.3 is 16.2 Å². The molecule has 1 fully saturated rings. The summed E-state index contributed by atoms with van der Waals surface area (Å²) in [5.74, 6) is -0.175. The van der Waals surface area contributed by atoms with Crippen LogP contribution in [0.25, 0.3) is 6.08 Å². The Morgan fingerprint density at radius 3 is 2.83 bits per heavy atom. The fraction of sp³-hybridized carbons (Fsp3) is 0.357. The lowest BCUT2D eigenvalue weighted by Crippen LogP contribution is -2.55. The number of anilines is 1. The van der Waals surface area contributed by atoms with Gasteiger partial charge in [0.15, 0.2) is 0 Å². The van der Waals surface area contributed by atoms with E-state index in [1.165, 1.54) is 6.08 Å². The van der Waals surface area contributed by atoms with Crippen molar-refractivity contribution in [3.05, 3.63) is 35.9 Å². The molecule has 0 heterocycles. The molecule has 0 radical (unpaired) electrons. The minimum absolute atomic E-state index is 0.00483. The second kappa shape index (κ2) is 5.23. The molecule has 4 nitrogen and oxygen atoms in total. The summed E-state index contributed by atoms with van der Waals surface area (Å²) in [6.07, 6.45) is 5.95. The van der Waals surface area contributed by atoms with Crippen molar-refractivity contribution in [1.82, 2.24) is 5.32 Å². The van der Waals surface area contributed by atoms with Gasteiger partial charge in [-0.3, -0.25) is 4.79 Å². The zero-order valence-corrected chi connectivity index (χ0v) is 10.2. The van der Waals surface area contributed by atoms with Crippen LogP contribution in [0, 0.1) is 0 Å². The molecular weight excluding hydrogens is 228 g/mol. The van der Waals surface area contributed by atoms with E-state index in [4.69, 9.17) is 5.73 Å². The lowest BCUT2D eigenvalue weighted by molar-refractivity contribution is -0.120. The lowest BCUT2D eigenvalue weighted by atomic mass is 9.77. The molecule has 96 valence electrons. The van der Waals surface area contributed by atoms with Crippen LogP contribution in [-0.4, -0.2) is 23.2 Å². The number of nitrogen functional groups attached to an aromatic ring is 1. The summed E-state index contributed by atoms with van der Waals surface area (Å²) in [7, 11) is 0. The molecule has 0 spiro atoms. The SMILES string of the molecule is Nc1cccc(/C=C/C(=O)NC2(CO)CCC2)c1. The van der Waals surface area contributed by atoms with Gasteiger partial charge in [-0.1, -0.05) is 12.1 Å². The Morgan fingerprint density at radius 2 is 2.28 bits per heavy atom. The largest absolute Gasteiger partial charge is 0.399 e. The molecule has 1 saturated carbocycles. The average Bonchev–Trinajstić information content (AvgIpc) is 2.31. The van der Waals surface area contributed by atoms with Crippen LogP contribution in [0.1, 0.15) is 24.8 Å². The van der Waals surface area contributed by atoms with E-state index in [-0.39, 0.29) is 12.5 Å². The number of nitrogens with two attached hydrogens (primary N) is 1. The van der Waals surface area contributed by atoms with Crippen molar-refractivity contribution in [3.63, 3.8) is 0 Å². The zero-order valence-electron chi connectivity index (χ0n) is 10.2. The number of rotatable bonds is 4. The maximum Gasteiger partial charge on any atom is 0.244 e. The molecule has 0 unspecified atom stereocenters. The Morgan fingerprint density at radius 1 is 1.50 bits per heavy atom. The molecule has 4 heteroatoms. The first-order valence-electron chi connectivity index (χ1n) is 6.10. The Hall–Kier alpha value is -1.81. The number of nitrogens with one attached hydrogen (secondary N) is 1. The van der Waals surface area contributed by atoms with E-state index < -0.39 is 5.54 Å². The fourth-order valence-electron chi connectivity index (χ4n) is 2.06. The van der Waals surface area contributed by atoms with E-state index in [1.54, 1.807) is 18.2 Å². The van der Waals surface area contributed by atoms with Gasteiger partial charge >= 0.3 is 0 Å². The molecule has 18 heavy (non-hydrogen) atoms. The molecule has 2 rings (SSSR count). The van der Waals surface area contributed by atoms with Crippen molar-refractivity contribution in [1.29, 1.82) is 0 Å². The smallest absolute Gasteiger partial charge is 0.244 e. The Balaban J connectivity index is 1.95. The third kappa shape index (κ3) is 2.90. The number of hydrogen-bond donors (Lipinski definition) is 3. The Kier molecular flexibility index (Phi) is 3.67. The number of carbonyl (C=O) groups excluding carboxylic acids is 1. The molecular formula is C14H18N2O2. The van der Waals surface area contributed by atoms with Crippen LogP contribution in [0.3, 0.4) is 0 Å². The van der Waals surface area contributed by atoms with E-state index in [2.05, 4.69) is 5.32 Å². The van der Waals surface area contributed by atoms with Crippen LogP contribution >= 0.6 is 0 Å². The molecule has 1 aliphatic rings. The van der Waals surface area contributed by atoms with Crippen LogP contribution in [-0.2, 0) is 4.79 Å². The van der Waals surface area contributed by atoms with Gasteiger partial charge in [-0.25, -0.2) is 0 Å². The molecule has 1 aromatic rings. The first-order chi connectivity index (χ1) is 8.63. The van der Waals surface area contributed by atoms with Crippen LogP contribution < -0.4 is 11.1 Å². The summed E-state index contributed by atoms with van der Waals surface area (Å²) in [4.78, 5) is 11.7. The number of benzene rings is 1. The van der Waals surface area contributed by atoms with Gasteiger partial charge in [0.2, 0.25) is 5.91 Å². The number of hydrogen-bond acceptors (Lipinski definition) is 3. The summed E-state index contributed by atoms with van der Waals surface area (Å²) in [6.45, 7) is 0.00483. The molecule has 4 N–H and O–H groups in total. The number of aliphatic hydroxyl groups is 1. The fourth-order valence-corrected chi connectivity index (χ4v) is 2.06. The number of carbonyl (C=O) groups is 1. The second-order valence-corrected chi connectivity index (χ2v) is 4.78. The number of amides is 1. The van der Waals surface area contributed by atoms with Gasteiger partial charge in [0.25, 0.3) is 0 Å². The second-order valence-electron chi connectivity index (χ2n) is 4.78. The minimum Gasteiger partial charge on any atom is -0.399 e. The highest BCUT2D eigenvalue weighted by molar-refractivity contribution is 5.92. The van der Waals surface area contributed by atoms with Gasteiger partial charge in [0.1, 0.15) is 0 Å². The molecule has 0 aliphatic heterocycles. The first kappa shape index (κ1) is 12.6. The summed E-state index contributed by atoms with van der Waals surface area (Å²) in [5.41, 5.74) is 6.82. The highest BCUT2D eigenvalue weighted by Crippen LogP contribution is 2.31. The summed E-state index contributed by atoms with van der Waals surface area (Å²) in [6, 6.07) is 7.32. The highest BCUT2D eigenvalue weighted by atomic mass is 16.3. The van der Waals surface area contributed by atoms with Gasteiger partial charge in [-0.05, 0) is 43.0 Å². The van der Waals surface area contributed by atoms with Gasteiger partial charge in [0, 0.05) is 11.8 Å². The monoisotopic (exact) mass is 246 g/mol. The maximum atomic E-state index is 11.7.